The minimum Gasteiger partial charge on any atom is -0.346 e. The first-order chi connectivity index (χ1) is 11.1. The smallest absolute Gasteiger partial charge is 0.254 e. The Hall–Kier alpha value is -2.26. The molecule has 0 N–H and O–H groups in total. The second-order valence-electron chi connectivity index (χ2n) is 5.99. The van der Waals surface area contributed by atoms with Crippen molar-refractivity contribution in [3.05, 3.63) is 70.4 Å². The van der Waals surface area contributed by atoms with Crippen LogP contribution in [0.2, 0.25) is 5.02 Å². The number of rotatable bonds is 1. The van der Waals surface area contributed by atoms with Gasteiger partial charge in [0.15, 0.2) is 0 Å². The van der Waals surface area contributed by atoms with Crippen molar-refractivity contribution in [1.82, 2.24) is 9.47 Å². The van der Waals surface area contributed by atoms with Crippen LogP contribution in [0.4, 0.5) is 0 Å². The predicted molar refractivity (Wildman–Crippen MR) is 92.8 cm³/mol. The fourth-order valence-electron chi connectivity index (χ4n) is 3.46. The number of aromatic nitrogens is 1. The standard InChI is InChI=1S/C19H17ClN2O/c1-21-17-5-3-2-4-15(17)16-10-11-22(12-18(16)21)19(23)13-6-8-14(20)9-7-13/h2-9H,10-12H2,1H3. The summed E-state index contributed by atoms with van der Waals surface area (Å²) >= 11 is 5.91. The number of amides is 1. The van der Waals surface area contributed by atoms with Crippen molar-refractivity contribution in [2.24, 2.45) is 7.05 Å². The minimum atomic E-state index is 0.0672. The largest absolute Gasteiger partial charge is 0.346 e. The molecule has 0 spiro atoms. The molecule has 23 heavy (non-hydrogen) atoms. The highest BCUT2D eigenvalue weighted by molar-refractivity contribution is 6.30. The van der Waals surface area contributed by atoms with E-state index in [0.717, 1.165) is 13.0 Å². The molecule has 0 bridgehead atoms. The number of para-hydroxylation sites is 1. The lowest BCUT2D eigenvalue weighted by molar-refractivity contribution is 0.0731. The Morgan fingerprint density at radius 1 is 1.09 bits per heavy atom. The molecule has 0 aliphatic carbocycles. The first kappa shape index (κ1) is 14.3. The predicted octanol–water partition coefficient (Wildman–Crippen LogP) is 4.03. The second kappa shape index (κ2) is 5.43. The minimum absolute atomic E-state index is 0.0672. The van der Waals surface area contributed by atoms with Crippen LogP contribution in [0.1, 0.15) is 21.6 Å². The summed E-state index contributed by atoms with van der Waals surface area (Å²) in [6.07, 6.45) is 0.899. The lowest BCUT2D eigenvalue weighted by Crippen LogP contribution is -2.36. The summed E-state index contributed by atoms with van der Waals surface area (Å²) in [7, 11) is 2.08. The van der Waals surface area contributed by atoms with E-state index in [0.29, 0.717) is 17.1 Å². The van der Waals surface area contributed by atoms with Gasteiger partial charge in [-0.2, -0.15) is 0 Å². The van der Waals surface area contributed by atoms with Gasteiger partial charge in [-0.1, -0.05) is 29.8 Å². The third kappa shape index (κ3) is 2.32. The Morgan fingerprint density at radius 2 is 1.83 bits per heavy atom. The molecule has 1 aliphatic heterocycles. The van der Waals surface area contributed by atoms with Crippen molar-refractivity contribution in [3.63, 3.8) is 0 Å². The highest BCUT2D eigenvalue weighted by Crippen LogP contribution is 2.30. The Labute approximate surface area is 140 Å². The Bertz CT molecular complexity index is 896. The zero-order valence-electron chi connectivity index (χ0n) is 12.9. The van der Waals surface area contributed by atoms with E-state index in [4.69, 9.17) is 11.6 Å². The normalized spacial score (nSPS) is 14.1. The van der Waals surface area contributed by atoms with Crippen molar-refractivity contribution < 1.29 is 4.79 Å². The lowest BCUT2D eigenvalue weighted by Gasteiger charge is -2.28. The average molecular weight is 325 g/mol. The van der Waals surface area contributed by atoms with E-state index in [9.17, 15) is 4.79 Å². The molecule has 1 aliphatic rings. The molecule has 4 heteroatoms. The molecule has 3 aromatic rings. The molecule has 2 aromatic carbocycles. The van der Waals surface area contributed by atoms with Gasteiger partial charge < -0.3 is 9.47 Å². The Kier molecular flexibility index (Phi) is 3.38. The number of hydrogen-bond donors (Lipinski definition) is 0. The molecular formula is C19H17ClN2O. The van der Waals surface area contributed by atoms with Crippen LogP contribution in [-0.4, -0.2) is 21.9 Å². The molecule has 0 radical (unpaired) electrons. The molecule has 4 rings (SSSR count). The van der Waals surface area contributed by atoms with Gasteiger partial charge >= 0.3 is 0 Å². The Balaban J connectivity index is 1.69. The van der Waals surface area contributed by atoms with Crippen LogP contribution < -0.4 is 0 Å². The van der Waals surface area contributed by atoms with Gasteiger partial charge in [-0.05, 0) is 42.3 Å². The van der Waals surface area contributed by atoms with Gasteiger partial charge in [0.25, 0.3) is 5.91 Å². The molecule has 1 amide bonds. The molecule has 3 nitrogen and oxygen atoms in total. The van der Waals surface area contributed by atoms with Crippen LogP contribution in [0.15, 0.2) is 48.5 Å². The van der Waals surface area contributed by atoms with E-state index in [1.165, 1.54) is 22.2 Å². The van der Waals surface area contributed by atoms with E-state index in [2.05, 4.69) is 35.9 Å². The number of fused-ring (bicyclic) bond motifs is 3. The maximum Gasteiger partial charge on any atom is 0.254 e. The highest BCUT2D eigenvalue weighted by Gasteiger charge is 2.26. The van der Waals surface area contributed by atoms with Crippen LogP contribution in [-0.2, 0) is 20.0 Å². The summed E-state index contributed by atoms with van der Waals surface area (Å²) < 4.78 is 2.21. The molecule has 116 valence electrons. The summed E-state index contributed by atoms with van der Waals surface area (Å²) in [5, 5.41) is 1.96. The van der Waals surface area contributed by atoms with Crippen LogP contribution in [0.25, 0.3) is 10.9 Å². The van der Waals surface area contributed by atoms with E-state index in [1.807, 2.05) is 4.90 Å². The summed E-state index contributed by atoms with van der Waals surface area (Å²) in [5.41, 5.74) is 4.54. The number of halogens is 1. The molecule has 0 fully saturated rings. The van der Waals surface area contributed by atoms with E-state index >= 15 is 0 Å². The van der Waals surface area contributed by atoms with Gasteiger partial charge in [0.05, 0.1) is 6.54 Å². The monoisotopic (exact) mass is 324 g/mol. The number of benzene rings is 2. The maximum absolute atomic E-state index is 12.7. The first-order valence-electron chi connectivity index (χ1n) is 7.75. The fraction of sp³-hybridized carbons (Fsp3) is 0.211. The van der Waals surface area contributed by atoms with E-state index < -0.39 is 0 Å². The third-order valence-corrected chi connectivity index (χ3v) is 4.95. The zero-order valence-corrected chi connectivity index (χ0v) is 13.7. The highest BCUT2D eigenvalue weighted by atomic mass is 35.5. The third-order valence-electron chi connectivity index (χ3n) is 4.69. The van der Waals surface area contributed by atoms with Gasteiger partial charge in [-0.15, -0.1) is 0 Å². The first-order valence-corrected chi connectivity index (χ1v) is 8.13. The summed E-state index contributed by atoms with van der Waals surface area (Å²) in [6, 6.07) is 15.6. The van der Waals surface area contributed by atoms with E-state index in [-0.39, 0.29) is 5.91 Å². The summed E-state index contributed by atoms with van der Waals surface area (Å²) in [6.45, 7) is 1.41. The van der Waals surface area contributed by atoms with Gasteiger partial charge in [0.1, 0.15) is 0 Å². The van der Waals surface area contributed by atoms with Crippen molar-refractivity contribution >= 4 is 28.4 Å². The summed E-state index contributed by atoms with van der Waals surface area (Å²) in [4.78, 5) is 14.6. The van der Waals surface area contributed by atoms with Crippen molar-refractivity contribution in [1.29, 1.82) is 0 Å². The van der Waals surface area contributed by atoms with E-state index in [1.54, 1.807) is 24.3 Å². The fourth-order valence-corrected chi connectivity index (χ4v) is 3.59. The summed E-state index contributed by atoms with van der Waals surface area (Å²) in [5.74, 6) is 0.0672. The lowest BCUT2D eigenvalue weighted by atomic mass is 10.0. The molecule has 0 saturated carbocycles. The number of nitrogens with zero attached hydrogens (tertiary/aromatic N) is 2. The topological polar surface area (TPSA) is 25.2 Å². The maximum atomic E-state index is 12.7. The van der Waals surface area contributed by atoms with Crippen molar-refractivity contribution in [3.8, 4) is 0 Å². The van der Waals surface area contributed by atoms with Crippen LogP contribution in [0.5, 0.6) is 0 Å². The van der Waals surface area contributed by atoms with Crippen molar-refractivity contribution in [2.45, 2.75) is 13.0 Å². The van der Waals surface area contributed by atoms with Crippen molar-refractivity contribution in [2.75, 3.05) is 6.54 Å². The molecule has 0 unspecified atom stereocenters. The van der Waals surface area contributed by atoms with Crippen LogP contribution in [0, 0.1) is 0 Å². The molecule has 0 atom stereocenters. The number of hydrogen-bond acceptors (Lipinski definition) is 1. The molecule has 0 saturated heterocycles. The molecular weight excluding hydrogens is 308 g/mol. The quantitative estimate of drug-likeness (QED) is 0.663. The van der Waals surface area contributed by atoms with Crippen LogP contribution >= 0.6 is 11.6 Å². The SMILES string of the molecule is Cn1c2c(c3ccccc31)CCN(C(=O)c1ccc(Cl)cc1)C2. The van der Waals surface area contributed by atoms with Gasteiger partial charge in [-0.25, -0.2) is 0 Å². The van der Waals surface area contributed by atoms with Crippen LogP contribution in [0.3, 0.4) is 0 Å². The number of aryl methyl sites for hydroxylation is 1. The average Bonchev–Trinajstić information content (AvgIpc) is 2.88. The van der Waals surface area contributed by atoms with Gasteiger partial charge in [-0.3, -0.25) is 4.79 Å². The number of carbonyl (C=O) groups is 1. The van der Waals surface area contributed by atoms with Gasteiger partial charge in [0, 0.05) is 40.8 Å². The molecule has 2 heterocycles. The number of carbonyl (C=O) groups excluding carboxylic acids is 1. The molecule has 1 aromatic heterocycles. The second-order valence-corrected chi connectivity index (χ2v) is 6.42. The zero-order chi connectivity index (χ0) is 16.0. The Morgan fingerprint density at radius 3 is 2.61 bits per heavy atom. The van der Waals surface area contributed by atoms with Gasteiger partial charge in [0.2, 0.25) is 0 Å².